The zero-order chi connectivity index (χ0) is 14.5. The number of carbonyl (C=O) groups is 1. The summed E-state index contributed by atoms with van der Waals surface area (Å²) in [5.74, 6) is -0.123. The lowest BCUT2D eigenvalue weighted by molar-refractivity contribution is -0.122. The van der Waals surface area contributed by atoms with Gasteiger partial charge < -0.3 is 16.0 Å². The Labute approximate surface area is 128 Å². The third-order valence-corrected chi connectivity index (χ3v) is 4.34. The summed E-state index contributed by atoms with van der Waals surface area (Å²) in [6, 6.07) is 6.39. The van der Waals surface area contributed by atoms with Gasteiger partial charge in [0, 0.05) is 35.7 Å². The maximum atomic E-state index is 11.2. The van der Waals surface area contributed by atoms with E-state index >= 15 is 0 Å². The molecule has 110 valence electrons. The van der Waals surface area contributed by atoms with Crippen LogP contribution in [0.25, 0.3) is 0 Å². The van der Waals surface area contributed by atoms with Crippen molar-refractivity contribution in [3.63, 3.8) is 0 Å². The summed E-state index contributed by atoms with van der Waals surface area (Å²) in [6.07, 6.45) is 1.70. The summed E-state index contributed by atoms with van der Waals surface area (Å²) in [7, 11) is 0. The highest BCUT2D eigenvalue weighted by Gasteiger charge is 2.24. The Morgan fingerprint density at radius 3 is 2.75 bits per heavy atom. The molecule has 0 aromatic heterocycles. The van der Waals surface area contributed by atoms with Gasteiger partial charge in [0.25, 0.3) is 0 Å². The van der Waals surface area contributed by atoms with Gasteiger partial charge in [0.15, 0.2) is 0 Å². The van der Waals surface area contributed by atoms with Gasteiger partial charge >= 0.3 is 0 Å². The second-order valence-electron chi connectivity index (χ2n) is 5.22. The minimum absolute atomic E-state index is 0.0376. The summed E-state index contributed by atoms with van der Waals surface area (Å²) in [5, 5.41) is 3.37. The first kappa shape index (κ1) is 15.3. The number of piperidine rings is 1. The number of primary amides is 1. The Balaban J connectivity index is 2.11. The number of hydrogen-bond donors (Lipinski definition) is 2. The van der Waals surface area contributed by atoms with Crippen molar-refractivity contribution in [2.45, 2.75) is 26.3 Å². The molecule has 2 rings (SSSR count). The standard InChI is InChI=1S/C15H22BrN3O/c1-2-18-10-12-3-4-13(16)9-14(12)19-7-5-11(6-8-19)15(17)20/h3-4,9,11,18H,2,5-8,10H2,1H3,(H2,17,20). The molecule has 0 atom stereocenters. The lowest BCUT2D eigenvalue weighted by Crippen LogP contribution is -2.39. The fourth-order valence-corrected chi connectivity index (χ4v) is 2.99. The number of hydrogen-bond acceptors (Lipinski definition) is 3. The van der Waals surface area contributed by atoms with Gasteiger partial charge in [-0.15, -0.1) is 0 Å². The van der Waals surface area contributed by atoms with Gasteiger partial charge in [-0.1, -0.05) is 28.9 Å². The van der Waals surface area contributed by atoms with Crippen molar-refractivity contribution in [3.8, 4) is 0 Å². The van der Waals surface area contributed by atoms with Crippen molar-refractivity contribution in [2.24, 2.45) is 11.7 Å². The Morgan fingerprint density at radius 2 is 2.15 bits per heavy atom. The molecule has 1 amide bonds. The first-order valence-corrected chi connectivity index (χ1v) is 7.94. The molecule has 5 heteroatoms. The van der Waals surface area contributed by atoms with E-state index in [2.05, 4.69) is 51.3 Å². The van der Waals surface area contributed by atoms with Crippen LogP contribution in [0.2, 0.25) is 0 Å². The maximum absolute atomic E-state index is 11.2. The summed E-state index contributed by atoms with van der Waals surface area (Å²) >= 11 is 3.55. The zero-order valence-electron chi connectivity index (χ0n) is 11.9. The molecule has 1 aliphatic rings. The average molecular weight is 340 g/mol. The number of carbonyl (C=O) groups excluding carboxylic acids is 1. The van der Waals surface area contributed by atoms with Gasteiger partial charge in [0.1, 0.15) is 0 Å². The van der Waals surface area contributed by atoms with E-state index in [1.807, 2.05) is 0 Å². The highest BCUT2D eigenvalue weighted by atomic mass is 79.9. The molecule has 0 radical (unpaired) electrons. The van der Waals surface area contributed by atoms with E-state index in [-0.39, 0.29) is 11.8 Å². The Hall–Kier alpha value is -1.07. The normalized spacial score (nSPS) is 16.4. The van der Waals surface area contributed by atoms with Crippen molar-refractivity contribution in [2.75, 3.05) is 24.5 Å². The van der Waals surface area contributed by atoms with Crippen LogP contribution in [-0.4, -0.2) is 25.5 Å². The Morgan fingerprint density at radius 1 is 1.45 bits per heavy atom. The molecular formula is C15H22BrN3O. The third kappa shape index (κ3) is 3.73. The fourth-order valence-electron chi connectivity index (χ4n) is 2.65. The molecule has 1 saturated heterocycles. The maximum Gasteiger partial charge on any atom is 0.220 e. The molecular weight excluding hydrogens is 318 g/mol. The summed E-state index contributed by atoms with van der Waals surface area (Å²) in [4.78, 5) is 13.6. The second-order valence-corrected chi connectivity index (χ2v) is 6.13. The number of rotatable bonds is 5. The molecule has 3 N–H and O–H groups in total. The Kier molecular flexibility index (Phi) is 5.43. The van der Waals surface area contributed by atoms with Crippen LogP contribution in [0.1, 0.15) is 25.3 Å². The second kappa shape index (κ2) is 7.09. The number of nitrogens with two attached hydrogens (primary N) is 1. The van der Waals surface area contributed by atoms with Gasteiger partial charge in [-0.3, -0.25) is 4.79 Å². The zero-order valence-corrected chi connectivity index (χ0v) is 13.4. The van der Waals surface area contributed by atoms with Gasteiger partial charge in [-0.25, -0.2) is 0 Å². The van der Waals surface area contributed by atoms with Crippen LogP contribution >= 0.6 is 15.9 Å². The largest absolute Gasteiger partial charge is 0.371 e. The summed E-state index contributed by atoms with van der Waals surface area (Å²) in [5.41, 5.74) is 7.95. The van der Waals surface area contributed by atoms with Crippen LogP contribution in [0.4, 0.5) is 5.69 Å². The van der Waals surface area contributed by atoms with Crippen LogP contribution in [0, 0.1) is 5.92 Å². The van der Waals surface area contributed by atoms with Crippen LogP contribution in [0.3, 0.4) is 0 Å². The predicted molar refractivity (Wildman–Crippen MR) is 85.7 cm³/mol. The molecule has 20 heavy (non-hydrogen) atoms. The van der Waals surface area contributed by atoms with Crippen molar-refractivity contribution in [1.82, 2.24) is 5.32 Å². The number of anilines is 1. The number of benzene rings is 1. The van der Waals surface area contributed by atoms with E-state index in [4.69, 9.17) is 5.73 Å². The molecule has 0 spiro atoms. The summed E-state index contributed by atoms with van der Waals surface area (Å²) < 4.78 is 1.09. The third-order valence-electron chi connectivity index (χ3n) is 3.85. The van der Waals surface area contributed by atoms with Gasteiger partial charge in [0.05, 0.1) is 0 Å². The molecule has 0 aliphatic carbocycles. The molecule has 0 unspecified atom stereocenters. The lowest BCUT2D eigenvalue weighted by Gasteiger charge is -2.34. The highest BCUT2D eigenvalue weighted by Crippen LogP contribution is 2.29. The number of nitrogens with zero attached hydrogens (tertiary/aromatic N) is 1. The minimum atomic E-state index is -0.160. The Bertz CT molecular complexity index is 470. The van der Waals surface area contributed by atoms with E-state index in [1.165, 1.54) is 11.3 Å². The van der Waals surface area contributed by atoms with E-state index < -0.39 is 0 Å². The number of halogens is 1. The van der Waals surface area contributed by atoms with E-state index in [1.54, 1.807) is 0 Å². The van der Waals surface area contributed by atoms with Crippen molar-refractivity contribution >= 4 is 27.5 Å². The highest BCUT2D eigenvalue weighted by molar-refractivity contribution is 9.10. The first-order chi connectivity index (χ1) is 9.61. The van der Waals surface area contributed by atoms with Gasteiger partial charge in [-0.05, 0) is 37.1 Å². The van der Waals surface area contributed by atoms with Crippen molar-refractivity contribution in [3.05, 3.63) is 28.2 Å². The van der Waals surface area contributed by atoms with Gasteiger partial charge in [-0.2, -0.15) is 0 Å². The molecule has 0 saturated carbocycles. The first-order valence-electron chi connectivity index (χ1n) is 7.15. The number of amides is 1. The molecule has 0 bridgehead atoms. The average Bonchev–Trinajstić information content (AvgIpc) is 2.46. The van der Waals surface area contributed by atoms with Crippen LogP contribution in [0.5, 0.6) is 0 Å². The molecule has 1 aromatic carbocycles. The van der Waals surface area contributed by atoms with Crippen LogP contribution < -0.4 is 16.0 Å². The molecule has 4 nitrogen and oxygen atoms in total. The van der Waals surface area contributed by atoms with E-state index in [0.29, 0.717) is 0 Å². The van der Waals surface area contributed by atoms with E-state index in [0.717, 1.165) is 43.5 Å². The van der Waals surface area contributed by atoms with E-state index in [9.17, 15) is 4.79 Å². The number of nitrogens with one attached hydrogen (secondary N) is 1. The molecule has 1 aliphatic heterocycles. The molecule has 1 fully saturated rings. The predicted octanol–water partition coefficient (Wildman–Crippen LogP) is 2.26. The van der Waals surface area contributed by atoms with Crippen molar-refractivity contribution in [1.29, 1.82) is 0 Å². The lowest BCUT2D eigenvalue weighted by atomic mass is 9.95. The SMILES string of the molecule is CCNCc1ccc(Br)cc1N1CCC(C(N)=O)CC1. The van der Waals surface area contributed by atoms with Crippen LogP contribution in [-0.2, 0) is 11.3 Å². The smallest absolute Gasteiger partial charge is 0.220 e. The monoisotopic (exact) mass is 339 g/mol. The quantitative estimate of drug-likeness (QED) is 0.864. The minimum Gasteiger partial charge on any atom is -0.371 e. The van der Waals surface area contributed by atoms with Crippen LogP contribution in [0.15, 0.2) is 22.7 Å². The topological polar surface area (TPSA) is 58.4 Å². The van der Waals surface area contributed by atoms with Crippen molar-refractivity contribution < 1.29 is 4.79 Å². The molecule has 1 aromatic rings. The molecule has 1 heterocycles. The summed E-state index contributed by atoms with van der Waals surface area (Å²) in [6.45, 7) is 5.72. The van der Waals surface area contributed by atoms with Gasteiger partial charge in [0.2, 0.25) is 5.91 Å². The fraction of sp³-hybridized carbons (Fsp3) is 0.533.